The van der Waals surface area contributed by atoms with E-state index in [9.17, 15) is 0 Å². The highest BCUT2D eigenvalue weighted by Crippen LogP contribution is 2.30. The van der Waals surface area contributed by atoms with Gasteiger partial charge in [-0.2, -0.15) is 5.10 Å². The molecule has 4 aromatic carbocycles. The Morgan fingerprint density at radius 3 is 1.97 bits per heavy atom. The number of fused-ring (bicyclic) bond motifs is 3. The van der Waals surface area contributed by atoms with E-state index in [1.165, 1.54) is 21.8 Å². The first-order chi connectivity index (χ1) is 14.8. The molecule has 1 aromatic heterocycles. The summed E-state index contributed by atoms with van der Waals surface area (Å²) >= 11 is 0. The summed E-state index contributed by atoms with van der Waals surface area (Å²) in [5.41, 5.74) is 5.68. The van der Waals surface area contributed by atoms with Crippen LogP contribution in [-0.4, -0.2) is 10.8 Å². The smallest absolute Gasteiger partial charge is 0.0652 e. The van der Waals surface area contributed by atoms with Gasteiger partial charge in [0.25, 0.3) is 0 Å². The van der Waals surface area contributed by atoms with Crippen LogP contribution in [0, 0.1) is 0 Å². The first-order valence-electron chi connectivity index (χ1n) is 10.3. The minimum atomic E-state index is 0.952. The van der Waals surface area contributed by atoms with Crippen molar-refractivity contribution >= 4 is 39.4 Å². The van der Waals surface area contributed by atoms with Crippen LogP contribution in [0.5, 0.6) is 0 Å². The Morgan fingerprint density at radius 1 is 0.700 bits per heavy atom. The van der Waals surface area contributed by atoms with Gasteiger partial charge in [0.2, 0.25) is 0 Å². The summed E-state index contributed by atoms with van der Waals surface area (Å²) < 4.78 is 2.37. The largest absolute Gasteiger partial charge is 0.341 e. The zero-order chi connectivity index (χ0) is 20.3. The molecule has 0 N–H and O–H groups in total. The van der Waals surface area contributed by atoms with E-state index in [1.807, 2.05) is 47.6 Å². The Morgan fingerprint density at radius 2 is 1.30 bits per heavy atom. The molecular weight excluding hydrogens is 366 g/mol. The van der Waals surface area contributed by atoms with Crippen LogP contribution in [0.15, 0.2) is 108 Å². The van der Waals surface area contributed by atoms with E-state index in [2.05, 4.69) is 78.2 Å². The monoisotopic (exact) mass is 389 g/mol. The second-order valence-electron chi connectivity index (χ2n) is 7.27. The standard InChI is InChI=1S/C27H23N3/c1-2-29-26-16-10-9-15-24(26)25-19-21(17-18-27(25)29)20-28-30(22-11-5-3-6-12-22)23-13-7-4-8-14-23/h3-20H,2H2,1H3. The maximum absolute atomic E-state index is 4.85. The van der Waals surface area contributed by atoms with Crippen molar-refractivity contribution < 1.29 is 0 Å². The molecule has 146 valence electrons. The third kappa shape index (κ3) is 3.25. The minimum absolute atomic E-state index is 0.952. The molecule has 0 aliphatic carbocycles. The highest BCUT2D eigenvalue weighted by Gasteiger charge is 2.10. The highest BCUT2D eigenvalue weighted by atomic mass is 15.5. The lowest BCUT2D eigenvalue weighted by Gasteiger charge is -2.19. The SMILES string of the molecule is CCn1c2ccccc2c2cc(C=NN(c3ccccc3)c3ccccc3)ccc21. The lowest BCUT2D eigenvalue weighted by molar-refractivity contribution is 0.827. The summed E-state index contributed by atoms with van der Waals surface area (Å²) in [5.74, 6) is 0. The molecule has 0 atom stereocenters. The van der Waals surface area contributed by atoms with Crippen molar-refractivity contribution in [2.24, 2.45) is 5.10 Å². The van der Waals surface area contributed by atoms with Crippen LogP contribution in [0.2, 0.25) is 0 Å². The van der Waals surface area contributed by atoms with Crippen molar-refractivity contribution in [2.75, 3.05) is 5.01 Å². The number of hydrogen-bond acceptors (Lipinski definition) is 2. The number of aromatic nitrogens is 1. The lowest BCUT2D eigenvalue weighted by atomic mass is 10.1. The number of hydrogen-bond donors (Lipinski definition) is 0. The molecule has 5 aromatic rings. The quantitative estimate of drug-likeness (QED) is 0.234. The van der Waals surface area contributed by atoms with E-state index in [1.54, 1.807) is 0 Å². The number of anilines is 2. The van der Waals surface area contributed by atoms with Crippen molar-refractivity contribution in [3.8, 4) is 0 Å². The van der Waals surface area contributed by atoms with Gasteiger partial charge in [0.15, 0.2) is 0 Å². The maximum Gasteiger partial charge on any atom is 0.0652 e. The molecule has 30 heavy (non-hydrogen) atoms. The topological polar surface area (TPSA) is 20.5 Å². The van der Waals surface area contributed by atoms with Gasteiger partial charge in [0.05, 0.1) is 17.6 Å². The van der Waals surface area contributed by atoms with Crippen molar-refractivity contribution in [3.05, 3.63) is 109 Å². The lowest BCUT2D eigenvalue weighted by Crippen LogP contribution is -2.09. The van der Waals surface area contributed by atoms with Crippen molar-refractivity contribution in [1.29, 1.82) is 0 Å². The van der Waals surface area contributed by atoms with Crippen molar-refractivity contribution in [3.63, 3.8) is 0 Å². The molecule has 0 aliphatic rings. The third-order valence-electron chi connectivity index (χ3n) is 5.44. The molecule has 0 bridgehead atoms. The van der Waals surface area contributed by atoms with E-state index >= 15 is 0 Å². The summed E-state index contributed by atoms with van der Waals surface area (Å²) in [4.78, 5) is 0. The van der Waals surface area contributed by atoms with Crippen molar-refractivity contribution in [1.82, 2.24) is 4.57 Å². The predicted octanol–water partition coefficient (Wildman–Crippen LogP) is 6.99. The van der Waals surface area contributed by atoms with Crippen molar-refractivity contribution in [2.45, 2.75) is 13.5 Å². The Balaban J connectivity index is 1.59. The van der Waals surface area contributed by atoms with E-state index < -0.39 is 0 Å². The predicted molar refractivity (Wildman–Crippen MR) is 128 cm³/mol. The molecule has 0 unspecified atom stereocenters. The molecule has 0 saturated carbocycles. The fourth-order valence-electron chi connectivity index (χ4n) is 4.04. The number of rotatable bonds is 5. The molecule has 0 radical (unpaired) electrons. The van der Waals surface area contributed by atoms with Gasteiger partial charge in [-0.05, 0) is 55.0 Å². The number of nitrogens with zero attached hydrogens (tertiary/aromatic N) is 3. The Kier molecular flexibility index (Phi) is 4.78. The van der Waals surface area contributed by atoms with Crippen LogP contribution < -0.4 is 5.01 Å². The van der Waals surface area contributed by atoms with Crippen LogP contribution >= 0.6 is 0 Å². The Bertz CT molecular complexity index is 1280. The van der Waals surface area contributed by atoms with E-state index in [-0.39, 0.29) is 0 Å². The van der Waals surface area contributed by atoms with Gasteiger partial charge in [0, 0.05) is 28.4 Å². The molecule has 0 amide bonds. The first-order valence-corrected chi connectivity index (χ1v) is 10.3. The number of para-hydroxylation sites is 3. The van der Waals surface area contributed by atoms with Crippen LogP contribution in [0.25, 0.3) is 21.8 Å². The zero-order valence-electron chi connectivity index (χ0n) is 16.9. The van der Waals surface area contributed by atoms with Gasteiger partial charge in [0.1, 0.15) is 0 Å². The van der Waals surface area contributed by atoms with Crippen LogP contribution in [-0.2, 0) is 6.54 Å². The Labute approximate surface area is 176 Å². The Hall–Kier alpha value is -3.85. The molecule has 3 nitrogen and oxygen atoms in total. The van der Waals surface area contributed by atoms with Gasteiger partial charge < -0.3 is 4.57 Å². The fourth-order valence-corrected chi connectivity index (χ4v) is 4.04. The average molecular weight is 390 g/mol. The highest BCUT2D eigenvalue weighted by molar-refractivity contribution is 6.09. The summed E-state index contributed by atoms with van der Waals surface area (Å²) in [6.45, 7) is 3.14. The molecule has 0 spiro atoms. The average Bonchev–Trinajstić information content (AvgIpc) is 3.14. The fraction of sp³-hybridized carbons (Fsp3) is 0.0741. The molecule has 5 rings (SSSR count). The molecule has 3 heteroatoms. The summed E-state index contributed by atoms with van der Waals surface area (Å²) in [6.07, 6.45) is 1.94. The molecule has 1 heterocycles. The van der Waals surface area contributed by atoms with E-state index in [0.29, 0.717) is 0 Å². The summed E-state index contributed by atoms with van der Waals surface area (Å²) in [6, 6.07) is 35.7. The third-order valence-corrected chi connectivity index (χ3v) is 5.44. The molecule has 0 aliphatic heterocycles. The molecule has 0 fully saturated rings. The normalized spacial score (nSPS) is 11.5. The first kappa shape index (κ1) is 18.2. The van der Waals surface area contributed by atoms with Crippen LogP contribution in [0.4, 0.5) is 11.4 Å². The van der Waals surface area contributed by atoms with Gasteiger partial charge in [-0.15, -0.1) is 0 Å². The van der Waals surface area contributed by atoms with E-state index in [0.717, 1.165) is 23.5 Å². The van der Waals surface area contributed by atoms with Crippen LogP contribution in [0.3, 0.4) is 0 Å². The van der Waals surface area contributed by atoms with Gasteiger partial charge in [-0.3, -0.25) is 0 Å². The number of aryl methyl sites for hydroxylation is 1. The van der Waals surface area contributed by atoms with Gasteiger partial charge >= 0.3 is 0 Å². The second-order valence-corrected chi connectivity index (χ2v) is 7.27. The van der Waals surface area contributed by atoms with E-state index in [4.69, 9.17) is 5.10 Å². The number of benzene rings is 4. The zero-order valence-corrected chi connectivity index (χ0v) is 16.9. The molecule has 0 saturated heterocycles. The maximum atomic E-state index is 4.85. The number of hydrazone groups is 1. The summed E-state index contributed by atoms with van der Waals surface area (Å²) in [7, 11) is 0. The summed E-state index contributed by atoms with van der Waals surface area (Å²) in [5, 5.41) is 9.37. The second kappa shape index (κ2) is 7.88. The van der Waals surface area contributed by atoms with Crippen LogP contribution in [0.1, 0.15) is 12.5 Å². The molecular formula is C27H23N3. The van der Waals surface area contributed by atoms with Gasteiger partial charge in [-0.25, -0.2) is 5.01 Å². The van der Waals surface area contributed by atoms with Gasteiger partial charge in [-0.1, -0.05) is 60.7 Å². The minimum Gasteiger partial charge on any atom is -0.341 e.